The molecule has 140 valence electrons. The molecule has 5 nitrogen and oxygen atoms in total. The Hall–Kier alpha value is -2.63. The van der Waals surface area contributed by atoms with E-state index in [1.54, 1.807) is 24.1 Å². The highest BCUT2D eigenvalue weighted by Gasteiger charge is 2.23. The molecule has 0 aliphatic rings. The van der Waals surface area contributed by atoms with Gasteiger partial charge in [0.2, 0.25) is 0 Å². The number of hydrogen-bond donors (Lipinski definition) is 1. The second kappa shape index (κ2) is 8.65. The molecule has 1 heterocycles. The van der Waals surface area contributed by atoms with Gasteiger partial charge in [-0.2, -0.15) is 0 Å². The number of aryl methyl sites for hydroxylation is 1. The average Bonchev–Trinajstić information content (AvgIpc) is 2.95. The third kappa shape index (κ3) is 4.50. The number of carbonyl (C=O) groups is 2. The second-order valence-corrected chi connectivity index (χ2v) is 6.27. The first-order chi connectivity index (χ1) is 12.3. The summed E-state index contributed by atoms with van der Waals surface area (Å²) in [5.74, 6) is 0.115. The topological polar surface area (TPSA) is 62.4 Å². The molecule has 26 heavy (non-hydrogen) atoms. The number of nitrogens with zero attached hydrogens (tertiary/aromatic N) is 1. The number of halogens is 1. The number of hydrogen-bond acceptors (Lipinski definition) is 3. The van der Waals surface area contributed by atoms with E-state index in [4.69, 9.17) is 4.74 Å². The van der Waals surface area contributed by atoms with Gasteiger partial charge in [-0.3, -0.25) is 9.59 Å². The minimum atomic E-state index is -0.305. The molecule has 0 unspecified atom stereocenters. The molecular formula is C20H25FN2O3. The molecule has 1 N–H and O–H groups in total. The number of benzene rings is 1. The number of rotatable bonds is 8. The van der Waals surface area contributed by atoms with E-state index in [9.17, 15) is 14.0 Å². The normalized spacial score (nSPS) is 10.7. The highest BCUT2D eigenvalue weighted by atomic mass is 19.1. The van der Waals surface area contributed by atoms with Crippen molar-refractivity contribution in [2.45, 2.75) is 33.6 Å². The summed E-state index contributed by atoms with van der Waals surface area (Å²) in [5, 5.41) is 0. The number of H-pyrrole nitrogens is 1. The van der Waals surface area contributed by atoms with Crippen LogP contribution in [0.25, 0.3) is 0 Å². The Balaban J connectivity index is 1.94. The highest BCUT2D eigenvalue weighted by Crippen LogP contribution is 2.21. The summed E-state index contributed by atoms with van der Waals surface area (Å²) in [6.45, 7) is 6.19. The number of ether oxygens (including phenoxy) is 1. The summed E-state index contributed by atoms with van der Waals surface area (Å²) in [5.41, 5.74) is 2.60. The van der Waals surface area contributed by atoms with Crippen LogP contribution in [0.3, 0.4) is 0 Å². The Kier molecular flexibility index (Phi) is 6.55. The monoisotopic (exact) mass is 360 g/mol. The van der Waals surface area contributed by atoms with Crippen molar-refractivity contribution in [1.29, 1.82) is 0 Å². The number of Topliss-reactive ketones (excluding diaryl/α,β-unsaturated/α-hetero) is 1. The molecule has 2 aromatic rings. The minimum Gasteiger partial charge on any atom is -0.494 e. The number of ketones is 1. The van der Waals surface area contributed by atoms with Crippen molar-refractivity contribution in [3.63, 3.8) is 0 Å². The smallest absolute Gasteiger partial charge is 0.270 e. The van der Waals surface area contributed by atoms with E-state index in [1.807, 2.05) is 13.8 Å². The lowest BCUT2D eigenvalue weighted by atomic mass is 10.0. The molecule has 0 atom stereocenters. The van der Waals surface area contributed by atoms with Crippen LogP contribution in [-0.4, -0.2) is 41.8 Å². The van der Waals surface area contributed by atoms with Crippen molar-refractivity contribution in [2.75, 3.05) is 20.2 Å². The van der Waals surface area contributed by atoms with Gasteiger partial charge in [0.25, 0.3) is 5.91 Å². The first kappa shape index (κ1) is 19.7. The van der Waals surface area contributed by atoms with Crippen LogP contribution in [-0.2, 0) is 6.42 Å². The van der Waals surface area contributed by atoms with Gasteiger partial charge in [-0.05, 0) is 56.5 Å². The van der Waals surface area contributed by atoms with E-state index in [0.29, 0.717) is 43.0 Å². The maximum Gasteiger partial charge on any atom is 0.270 e. The lowest BCUT2D eigenvalue weighted by Gasteiger charge is -2.17. The van der Waals surface area contributed by atoms with Crippen LogP contribution in [0, 0.1) is 12.7 Å². The lowest BCUT2D eigenvalue weighted by Crippen LogP contribution is -2.29. The number of aromatic nitrogens is 1. The predicted octanol–water partition coefficient (Wildman–Crippen LogP) is 3.77. The van der Waals surface area contributed by atoms with E-state index in [0.717, 1.165) is 11.3 Å². The van der Waals surface area contributed by atoms with Gasteiger partial charge < -0.3 is 14.6 Å². The van der Waals surface area contributed by atoms with Gasteiger partial charge in [-0.1, -0.05) is 6.92 Å². The Morgan fingerprint density at radius 1 is 1.23 bits per heavy atom. The Morgan fingerprint density at radius 3 is 2.46 bits per heavy atom. The highest BCUT2D eigenvalue weighted by molar-refractivity contribution is 6.02. The van der Waals surface area contributed by atoms with Gasteiger partial charge in [-0.25, -0.2) is 4.39 Å². The molecular weight excluding hydrogens is 335 g/mol. The maximum atomic E-state index is 12.8. The van der Waals surface area contributed by atoms with Crippen LogP contribution in [0.15, 0.2) is 24.3 Å². The van der Waals surface area contributed by atoms with E-state index in [2.05, 4.69) is 4.98 Å². The Labute approximate surface area is 153 Å². The van der Waals surface area contributed by atoms with Crippen LogP contribution in [0.2, 0.25) is 0 Å². The lowest BCUT2D eigenvalue weighted by molar-refractivity contribution is 0.0781. The van der Waals surface area contributed by atoms with Crippen LogP contribution >= 0.6 is 0 Å². The van der Waals surface area contributed by atoms with Crippen molar-refractivity contribution in [1.82, 2.24) is 9.88 Å². The summed E-state index contributed by atoms with van der Waals surface area (Å²) in [4.78, 5) is 29.2. The molecule has 6 heteroatoms. The summed E-state index contributed by atoms with van der Waals surface area (Å²) < 4.78 is 18.4. The fourth-order valence-corrected chi connectivity index (χ4v) is 3.00. The largest absolute Gasteiger partial charge is 0.494 e. The Bertz CT molecular complexity index is 781. The summed E-state index contributed by atoms with van der Waals surface area (Å²) in [6.07, 6.45) is 1.25. The van der Waals surface area contributed by atoms with Gasteiger partial charge in [-0.15, -0.1) is 0 Å². The SMILES string of the molecule is CCc1c(C(=O)N(C)CCCOc2ccc(F)cc2)[nH]c(C)c1C(C)=O. The van der Waals surface area contributed by atoms with E-state index in [1.165, 1.54) is 19.1 Å². The van der Waals surface area contributed by atoms with Crippen LogP contribution < -0.4 is 4.74 Å². The third-order valence-corrected chi connectivity index (χ3v) is 4.28. The number of aromatic amines is 1. The van der Waals surface area contributed by atoms with Crippen LogP contribution in [0.4, 0.5) is 4.39 Å². The summed E-state index contributed by atoms with van der Waals surface area (Å²) >= 11 is 0. The number of nitrogens with one attached hydrogen (secondary N) is 1. The first-order valence-corrected chi connectivity index (χ1v) is 8.71. The molecule has 1 aromatic heterocycles. The van der Waals surface area contributed by atoms with Gasteiger partial charge in [0, 0.05) is 24.8 Å². The molecule has 0 saturated heterocycles. The van der Waals surface area contributed by atoms with E-state index < -0.39 is 0 Å². The fourth-order valence-electron chi connectivity index (χ4n) is 3.00. The van der Waals surface area contributed by atoms with Crippen LogP contribution in [0.5, 0.6) is 5.75 Å². The molecule has 0 bridgehead atoms. The second-order valence-electron chi connectivity index (χ2n) is 6.27. The zero-order valence-corrected chi connectivity index (χ0v) is 15.7. The van der Waals surface area contributed by atoms with Gasteiger partial charge >= 0.3 is 0 Å². The zero-order valence-electron chi connectivity index (χ0n) is 15.7. The van der Waals surface area contributed by atoms with Gasteiger partial charge in [0.15, 0.2) is 5.78 Å². The molecule has 0 aliphatic heterocycles. The van der Waals surface area contributed by atoms with Gasteiger partial charge in [0.05, 0.1) is 6.61 Å². The summed E-state index contributed by atoms with van der Waals surface area (Å²) in [7, 11) is 1.73. The molecule has 0 spiro atoms. The Morgan fingerprint density at radius 2 is 1.88 bits per heavy atom. The standard InChI is InChI=1S/C20H25FN2O3/c1-5-17-18(14(3)24)13(2)22-19(17)20(25)23(4)11-6-12-26-16-9-7-15(21)8-10-16/h7-10,22H,5-6,11-12H2,1-4H3. The van der Waals surface area contributed by atoms with Crippen molar-refractivity contribution >= 4 is 11.7 Å². The van der Waals surface area contributed by atoms with Crippen molar-refractivity contribution in [3.05, 3.63) is 52.6 Å². The van der Waals surface area contributed by atoms with Crippen molar-refractivity contribution in [2.24, 2.45) is 0 Å². The quantitative estimate of drug-likeness (QED) is 0.576. The fraction of sp³-hybridized carbons (Fsp3) is 0.400. The van der Waals surface area contributed by atoms with E-state index >= 15 is 0 Å². The molecule has 0 fully saturated rings. The molecule has 0 radical (unpaired) electrons. The van der Waals surface area contributed by atoms with E-state index in [-0.39, 0.29) is 17.5 Å². The molecule has 1 aromatic carbocycles. The summed E-state index contributed by atoms with van der Waals surface area (Å²) in [6, 6.07) is 5.83. The predicted molar refractivity (Wildman–Crippen MR) is 98.4 cm³/mol. The number of amides is 1. The number of carbonyl (C=O) groups excluding carboxylic acids is 2. The molecule has 1 amide bonds. The molecule has 0 aliphatic carbocycles. The zero-order chi connectivity index (χ0) is 19.3. The van der Waals surface area contributed by atoms with Crippen LogP contribution in [0.1, 0.15) is 52.4 Å². The third-order valence-electron chi connectivity index (χ3n) is 4.28. The maximum absolute atomic E-state index is 12.8. The van der Waals surface area contributed by atoms with Gasteiger partial charge in [0.1, 0.15) is 17.3 Å². The molecule has 0 saturated carbocycles. The molecule has 2 rings (SSSR count). The van der Waals surface area contributed by atoms with Crippen molar-refractivity contribution < 1.29 is 18.7 Å². The first-order valence-electron chi connectivity index (χ1n) is 8.71. The minimum absolute atomic E-state index is 0.0370. The van der Waals surface area contributed by atoms with Crippen molar-refractivity contribution in [3.8, 4) is 5.75 Å². The average molecular weight is 360 g/mol.